The van der Waals surface area contributed by atoms with Crippen molar-refractivity contribution >= 4 is 40.9 Å². The zero-order valence-electron chi connectivity index (χ0n) is 14.7. The van der Waals surface area contributed by atoms with E-state index < -0.39 is 29.6 Å². The van der Waals surface area contributed by atoms with Gasteiger partial charge in [-0.3, -0.25) is 19.3 Å². The molecule has 28 heavy (non-hydrogen) atoms. The maximum atomic E-state index is 12.3. The fourth-order valence-electron chi connectivity index (χ4n) is 2.46. The van der Waals surface area contributed by atoms with Gasteiger partial charge in [0.1, 0.15) is 18.1 Å². The minimum atomic E-state index is -1.02. The normalized spacial score (nSPS) is 15.3. The van der Waals surface area contributed by atoms with E-state index in [4.69, 9.17) is 14.3 Å². The minimum Gasteiger partial charge on any atom is -0.478 e. The molecule has 0 bridgehead atoms. The summed E-state index contributed by atoms with van der Waals surface area (Å²) in [5.74, 6) is -1.44. The summed E-state index contributed by atoms with van der Waals surface area (Å²) in [5, 5.41) is 8.38. The highest BCUT2D eigenvalue weighted by atomic mass is 32.2. The Morgan fingerprint density at radius 1 is 1.18 bits per heavy atom. The van der Waals surface area contributed by atoms with Crippen molar-refractivity contribution < 1.29 is 33.4 Å². The van der Waals surface area contributed by atoms with Crippen LogP contribution in [0.5, 0.6) is 0 Å². The molecular formula is C19H15NO7S. The van der Waals surface area contributed by atoms with Gasteiger partial charge in [0.25, 0.3) is 11.1 Å². The van der Waals surface area contributed by atoms with Crippen molar-refractivity contribution in [2.24, 2.45) is 0 Å². The number of aromatic carboxylic acids is 1. The molecule has 1 saturated heterocycles. The van der Waals surface area contributed by atoms with Crippen molar-refractivity contribution in [1.29, 1.82) is 0 Å². The van der Waals surface area contributed by atoms with Gasteiger partial charge in [0, 0.05) is 11.6 Å². The van der Waals surface area contributed by atoms with Crippen LogP contribution in [0.2, 0.25) is 0 Å². The average Bonchev–Trinajstić information content (AvgIpc) is 3.23. The molecule has 1 aromatic heterocycles. The zero-order chi connectivity index (χ0) is 20.3. The van der Waals surface area contributed by atoms with Gasteiger partial charge in [0.05, 0.1) is 17.1 Å². The Morgan fingerprint density at radius 3 is 2.54 bits per heavy atom. The van der Waals surface area contributed by atoms with E-state index >= 15 is 0 Å². The third-order valence-electron chi connectivity index (χ3n) is 3.78. The molecule has 3 rings (SSSR count). The Morgan fingerprint density at radius 2 is 1.89 bits per heavy atom. The average molecular weight is 401 g/mol. The number of imide groups is 1. The maximum Gasteiger partial charge on any atom is 0.335 e. The molecule has 0 atom stereocenters. The topological polar surface area (TPSA) is 114 Å². The van der Waals surface area contributed by atoms with E-state index in [1.807, 2.05) is 0 Å². The van der Waals surface area contributed by atoms with Gasteiger partial charge in [-0.1, -0.05) is 12.1 Å². The van der Waals surface area contributed by atoms with Crippen LogP contribution in [-0.2, 0) is 14.3 Å². The smallest absolute Gasteiger partial charge is 0.335 e. The molecule has 1 aliphatic rings. The second kappa shape index (κ2) is 8.13. The monoisotopic (exact) mass is 401 g/mol. The van der Waals surface area contributed by atoms with Crippen LogP contribution in [0, 0.1) is 0 Å². The van der Waals surface area contributed by atoms with Crippen molar-refractivity contribution in [2.75, 3.05) is 13.2 Å². The first-order valence-corrected chi connectivity index (χ1v) is 9.05. The molecule has 1 N–H and O–H groups in total. The fourth-order valence-corrected chi connectivity index (χ4v) is 3.28. The van der Waals surface area contributed by atoms with Gasteiger partial charge >= 0.3 is 11.9 Å². The van der Waals surface area contributed by atoms with E-state index in [9.17, 15) is 19.2 Å². The largest absolute Gasteiger partial charge is 0.478 e. The van der Waals surface area contributed by atoms with Crippen molar-refractivity contribution in [2.45, 2.75) is 6.92 Å². The highest BCUT2D eigenvalue weighted by Crippen LogP contribution is 2.33. The summed E-state index contributed by atoms with van der Waals surface area (Å²) in [6.07, 6.45) is 1.42. The number of hydrogen-bond donors (Lipinski definition) is 1. The number of furan rings is 1. The van der Waals surface area contributed by atoms with Crippen LogP contribution in [0.4, 0.5) is 4.79 Å². The van der Waals surface area contributed by atoms with E-state index in [1.165, 1.54) is 18.2 Å². The lowest BCUT2D eigenvalue weighted by molar-refractivity contribution is -0.145. The lowest BCUT2D eigenvalue weighted by Gasteiger charge is -2.10. The highest BCUT2D eigenvalue weighted by Gasteiger charge is 2.36. The summed E-state index contributed by atoms with van der Waals surface area (Å²) in [6.45, 7) is 1.36. The summed E-state index contributed by atoms with van der Waals surface area (Å²) >= 11 is 0.712. The Kier molecular flexibility index (Phi) is 5.65. The van der Waals surface area contributed by atoms with Crippen LogP contribution in [-0.4, -0.2) is 46.2 Å². The molecule has 1 fully saturated rings. The molecule has 0 radical (unpaired) electrons. The van der Waals surface area contributed by atoms with Gasteiger partial charge in [0.15, 0.2) is 0 Å². The van der Waals surface area contributed by atoms with Crippen LogP contribution in [0.3, 0.4) is 0 Å². The van der Waals surface area contributed by atoms with E-state index in [-0.39, 0.29) is 17.1 Å². The van der Waals surface area contributed by atoms with Crippen LogP contribution in [0.25, 0.3) is 17.4 Å². The number of ether oxygens (including phenoxy) is 1. The molecule has 0 saturated carbocycles. The summed E-state index contributed by atoms with van der Waals surface area (Å²) in [5.41, 5.74) is 0.825. The number of thioether (sulfide) groups is 1. The zero-order valence-corrected chi connectivity index (χ0v) is 15.5. The van der Waals surface area contributed by atoms with Crippen molar-refractivity contribution in [3.63, 3.8) is 0 Å². The molecule has 0 spiro atoms. The number of benzene rings is 1. The standard InChI is InChI=1S/C19H15NO7S/c1-2-26-16(21)10-20-17(22)15(28-19(20)25)9-13-7-8-14(27-13)11-3-5-12(6-4-11)18(23)24/h3-9H,2,10H2,1H3,(H,23,24)/b15-9-. The van der Waals surface area contributed by atoms with Crippen LogP contribution in [0.15, 0.2) is 45.7 Å². The van der Waals surface area contributed by atoms with Gasteiger partial charge in [-0.05, 0) is 43.0 Å². The second-order valence-corrected chi connectivity index (χ2v) is 6.65. The molecule has 2 heterocycles. The third-order valence-corrected chi connectivity index (χ3v) is 4.69. The van der Waals surface area contributed by atoms with Gasteiger partial charge in [-0.25, -0.2) is 4.79 Å². The fraction of sp³-hybridized carbons (Fsp3) is 0.158. The lowest BCUT2D eigenvalue weighted by Crippen LogP contribution is -2.34. The predicted molar refractivity (Wildman–Crippen MR) is 100 cm³/mol. The summed E-state index contributed by atoms with van der Waals surface area (Å²) in [6, 6.07) is 9.43. The van der Waals surface area contributed by atoms with E-state index in [2.05, 4.69) is 0 Å². The van der Waals surface area contributed by atoms with Gasteiger partial charge < -0.3 is 14.3 Å². The highest BCUT2D eigenvalue weighted by molar-refractivity contribution is 8.18. The Balaban J connectivity index is 1.76. The predicted octanol–water partition coefficient (Wildman–Crippen LogP) is 3.24. The SMILES string of the molecule is CCOC(=O)CN1C(=O)S/C(=C\c2ccc(-c3ccc(C(=O)O)cc3)o2)C1=O. The number of carbonyl (C=O) groups is 4. The number of carboxylic acid groups (broad SMARTS) is 1. The quantitative estimate of drug-likeness (QED) is 0.580. The molecule has 9 heteroatoms. The Bertz CT molecular complexity index is 974. The van der Waals surface area contributed by atoms with Crippen LogP contribution < -0.4 is 0 Å². The second-order valence-electron chi connectivity index (χ2n) is 5.66. The Labute approximate surface area is 163 Å². The van der Waals surface area contributed by atoms with Gasteiger partial charge in [-0.15, -0.1) is 0 Å². The first-order valence-electron chi connectivity index (χ1n) is 8.23. The minimum absolute atomic E-state index is 0.136. The van der Waals surface area contributed by atoms with Crippen molar-refractivity contribution in [3.8, 4) is 11.3 Å². The van der Waals surface area contributed by atoms with Crippen molar-refractivity contribution in [1.82, 2.24) is 4.90 Å². The first kappa shape index (κ1) is 19.4. The Hall–Kier alpha value is -3.33. The summed E-state index contributed by atoms with van der Waals surface area (Å²) in [7, 11) is 0. The van der Waals surface area contributed by atoms with E-state index in [0.29, 0.717) is 28.8 Å². The van der Waals surface area contributed by atoms with Crippen LogP contribution >= 0.6 is 11.8 Å². The van der Waals surface area contributed by atoms with Gasteiger partial charge in [-0.2, -0.15) is 0 Å². The number of hydrogen-bond acceptors (Lipinski definition) is 7. The first-order chi connectivity index (χ1) is 13.4. The molecule has 2 amide bonds. The molecule has 0 unspecified atom stereocenters. The van der Waals surface area contributed by atoms with Crippen LogP contribution in [0.1, 0.15) is 23.0 Å². The number of rotatable bonds is 6. The molecule has 1 aliphatic heterocycles. The van der Waals surface area contributed by atoms with E-state index in [1.54, 1.807) is 31.2 Å². The van der Waals surface area contributed by atoms with E-state index in [0.717, 1.165) is 4.90 Å². The molecule has 2 aromatic rings. The molecule has 144 valence electrons. The van der Waals surface area contributed by atoms with Crippen molar-refractivity contribution in [3.05, 3.63) is 52.6 Å². The number of carboxylic acids is 1. The summed E-state index contributed by atoms with van der Waals surface area (Å²) < 4.78 is 10.4. The third kappa shape index (κ3) is 4.15. The molecular weight excluding hydrogens is 386 g/mol. The number of carbonyl (C=O) groups excluding carboxylic acids is 3. The number of nitrogens with zero attached hydrogens (tertiary/aromatic N) is 1. The maximum absolute atomic E-state index is 12.3. The lowest BCUT2D eigenvalue weighted by atomic mass is 10.1. The van der Waals surface area contributed by atoms with Gasteiger partial charge in [0.2, 0.25) is 0 Å². The molecule has 0 aliphatic carbocycles. The summed E-state index contributed by atoms with van der Waals surface area (Å²) in [4.78, 5) is 47.7. The number of esters is 1. The molecule has 8 nitrogen and oxygen atoms in total. The number of amides is 2. The molecule has 1 aromatic carbocycles.